The van der Waals surface area contributed by atoms with E-state index in [0.29, 0.717) is 23.7 Å². The van der Waals surface area contributed by atoms with Crippen molar-refractivity contribution in [1.82, 2.24) is 4.90 Å². The van der Waals surface area contributed by atoms with Gasteiger partial charge in [-0.1, -0.05) is 42.5 Å². The molecule has 1 atom stereocenters. The Hall–Kier alpha value is -3.21. The van der Waals surface area contributed by atoms with Crippen LogP contribution in [0.4, 0.5) is 0 Å². The average molecular weight is 408 g/mol. The van der Waals surface area contributed by atoms with Crippen LogP contribution in [-0.2, 0) is 16.0 Å². The van der Waals surface area contributed by atoms with Crippen LogP contribution in [0.15, 0.2) is 72.1 Å². The van der Waals surface area contributed by atoms with E-state index in [-0.39, 0.29) is 11.9 Å². The lowest BCUT2D eigenvalue weighted by atomic mass is 9.87. The fourth-order valence-electron chi connectivity index (χ4n) is 3.73. The van der Waals surface area contributed by atoms with Gasteiger partial charge in [0.25, 0.3) is 0 Å². The van der Waals surface area contributed by atoms with Crippen LogP contribution in [-0.4, -0.2) is 38.2 Å². The molecule has 30 heavy (non-hydrogen) atoms. The van der Waals surface area contributed by atoms with Crippen LogP contribution >= 0.6 is 0 Å². The third kappa shape index (κ3) is 4.67. The quantitative estimate of drug-likeness (QED) is 0.594. The van der Waals surface area contributed by atoms with Crippen molar-refractivity contribution in [1.29, 1.82) is 0 Å². The van der Waals surface area contributed by atoms with Crippen LogP contribution in [0.25, 0.3) is 0 Å². The van der Waals surface area contributed by atoms with Crippen molar-refractivity contribution in [3.05, 3.63) is 83.2 Å². The van der Waals surface area contributed by atoms with Crippen molar-refractivity contribution in [2.24, 2.45) is 0 Å². The van der Waals surface area contributed by atoms with Crippen LogP contribution in [0.5, 0.6) is 11.5 Å². The number of rotatable bonds is 8. The number of ether oxygens (including phenoxy) is 3. The highest BCUT2D eigenvalue weighted by Gasteiger charge is 2.29. The number of allylic oxidation sites excluding steroid dienone is 2. The summed E-state index contributed by atoms with van der Waals surface area (Å²) in [5.74, 6) is 1.06. The van der Waals surface area contributed by atoms with Gasteiger partial charge in [0.05, 0.1) is 26.4 Å². The van der Waals surface area contributed by atoms with Gasteiger partial charge in [-0.3, -0.25) is 0 Å². The molecule has 0 amide bonds. The van der Waals surface area contributed by atoms with Gasteiger partial charge in [0.15, 0.2) is 11.5 Å². The zero-order valence-electron chi connectivity index (χ0n) is 18.1. The molecule has 5 heteroatoms. The Balaban J connectivity index is 1.83. The second-order valence-electron chi connectivity index (χ2n) is 7.08. The van der Waals surface area contributed by atoms with Gasteiger partial charge in [0.2, 0.25) is 0 Å². The van der Waals surface area contributed by atoms with Crippen molar-refractivity contribution >= 4 is 5.97 Å². The topological polar surface area (TPSA) is 48.0 Å². The summed E-state index contributed by atoms with van der Waals surface area (Å²) in [5, 5.41) is 0. The third-order valence-electron chi connectivity index (χ3n) is 5.33. The Bertz CT molecular complexity index is 933. The fraction of sp³-hybridized carbons (Fsp3) is 0.320. The molecule has 2 aromatic rings. The maximum atomic E-state index is 12.8. The van der Waals surface area contributed by atoms with Gasteiger partial charge < -0.3 is 19.1 Å². The lowest BCUT2D eigenvalue weighted by molar-refractivity contribution is -0.138. The molecule has 0 bridgehead atoms. The maximum Gasteiger partial charge on any atom is 0.336 e. The van der Waals surface area contributed by atoms with Crippen LogP contribution in [0.1, 0.15) is 30.9 Å². The fourth-order valence-corrected chi connectivity index (χ4v) is 3.73. The number of hydrogen-bond donors (Lipinski definition) is 0. The van der Waals surface area contributed by atoms with E-state index < -0.39 is 0 Å². The molecule has 2 aromatic carbocycles. The van der Waals surface area contributed by atoms with Gasteiger partial charge in [-0.25, -0.2) is 4.79 Å². The second kappa shape index (κ2) is 10.0. The first-order valence-corrected chi connectivity index (χ1v) is 10.2. The SMILES string of the molecule is CCOC(=O)C1=C(C)N(CCc2ccc(OC)c(OC)c2)C=C[C@H]1c1ccccc1. The van der Waals surface area contributed by atoms with Crippen LogP contribution in [0, 0.1) is 0 Å². The van der Waals surface area contributed by atoms with Gasteiger partial charge in [0, 0.05) is 24.4 Å². The predicted molar refractivity (Wildman–Crippen MR) is 118 cm³/mol. The van der Waals surface area contributed by atoms with Crippen molar-refractivity contribution in [2.75, 3.05) is 27.4 Å². The first-order valence-electron chi connectivity index (χ1n) is 10.2. The van der Waals surface area contributed by atoms with Gasteiger partial charge in [-0.05, 0) is 43.5 Å². The standard InChI is InChI=1S/C25H29NO4/c1-5-30-25(27)24-18(2)26(16-14-21(24)20-9-7-6-8-10-20)15-13-19-11-12-22(28-3)23(17-19)29-4/h6-12,14,16-17,21H,5,13,15H2,1-4H3/t21-/m0/s1. The molecular weight excluding hydrogens is 378 g/mol. The number of carbonyl (C=O) groups excluding carboxylic acids is 1. The van der Waals surface area contributed by atoms with Crippen molar-refractivity contribution in [3.63, 3.8) is 0 Å². The Morgan fingerprint density at radius 2 is 1.77 bits per heavy atom. The molecule has 1 aliphatic heterocycles. The summed E-state index contributed by atoms with van der Waals surface area (Å²) >= 11 is 0. The number of carbonyl (C=O) groups is 1. The number of nitrogens with zero attached hydrogens (tertiary/aromatic N) is 1. The van der Waals surface area contributed by atoms with Gasteiger partial charge in [-0.2, -0.15) is 0 Å². The first-order chi connectivity index (χ1) is 14.6. The highest BCUT2D eigenvalue weighted by Crippen LogP contribution is 2.34. The van der Waals surface area contributed by atoms with E-state index in [1.807, 2.05) is 62.4 Å². The highest BCUT2D eigenvalue weighted by molar-refractivity contribution is 5.92. The lowest BCUT2D eigenvalue weighted by Crippen LogP contribution is -2.28. The summed E-state index contributed by atoms with van der Waals surface area (Å²) in [6.45, 7) is 4.91. The molecular formula is C25H29NO4. The molecule has 0 radical (unpaired) electrons. The van der Waals surface area contributed by atoms with E-state index in [9.17, 15) is 4.79 Å². The molecule has 0 saturated heterocycles. The Morgan fingerprint density at radius 3 is 2.43 bits per heavy atom. The van der Waals surface area contributed by atoms with E-state index >= 15 is 0 Å². The third-order valence-corrected chi connectivity index (χ3v) is 5.33. The van der Waals surface area contributed by atoms with Crippen molar-refractivity contribution < 1.29 is 19.0 Å². The van der Waals surface area contributed by atoms with Gasteiger partial charge >= 0.3 is 5.97 Å². The molecule has 0 saturated carbocycles. The Morgan fingerprint density at radius 1 is 1.03 bits per heavy atom. The Labute approximate surface area is 178 Å². The lowest BCUT2D eigenvalue weighted by Gasteiger charge is -2.31. The second-order valence-corrected chi connectivity index (χ2v) is 7.08. The zero-order chi connectivity index (χ0) is 21.5. The molecule has 0 aliphatic carbocycles. The molecule has 0 N–H and O–H groups in total. The monoisotopic (exact) mass is 407 g/mol. The molecule has 158 valence electrons. The smallest absolute Gasteiger partial charge is 0.336 e. The minimum atomic E-state index is -0.260. The van der Waals surface area contributed by atoms with E-state index in [4.69, 9.17) is 14.2 Å². The van der Waals surface area contributed by atoms with E-state index in [2.05, 4.69) is 17.2 Å². The Kier molecular flexibility index (Phi) is 7.17. The number of hydrogen-bond acceptors (Lipinski definition) is 5. The van der Waals surface area contributed by atoms with E-state index in [0.717, 1.165) is 29.8 Å². The zero-order valence-corrected chi connectivity index (χ0v) is 18.1. The summed E-state index contributed by atoms with van der Waals surface area (Å²) in [4.78, 5) is 14.9. The van der Waals surface area contributed by atoms with Gasteiger partial charge in [0.1, 0.15) is 0 Å². The molecule has 0 fully saturated rings. The van der Waals surface area contributed by atoms with E-state index in [1.54, 1.807) is 14.2 Å². The molecule has 0 aromatic heterocycles. The number of benzene rings is 2. The van der Waals surface area contributed by atoms with Crippen LogP contribution < -0.4 is 9.47 Å². The van der Waals surface area contributed by atoms with Crippen molar-refractivity contribution in [3.8, 4) is 11.5 Å². The molecule has 0 spiro atoms. The number of methoxy groups -OCH3 is 2. The summed E-state index contributed by atoms with van der Waals surface area (Å²) in [7, 11) is 3.27. The maximum absolute atomic E-state index is 12.8. The molecule has 3 rings (SSSR count). The minimum absolute atomic E-state index is 0.109. The van der Waals surface area contributed by atoms with Crippen LogP contribution in [0.3, 0.4) is 0 Å². The van der Waals surface area contributed by atoms with Gasteiger partial charge in [-0.15, -0.1) is 0 Å². The average Bonchev–Trinajstić information content (AvgIpc) is 2.78. The summed E-state index contributed by atoms with van der Waals surface area (Å²) in [5.41, 5.74) is 3.83. The predicted octanol–water partition coefficient (Wildman–Crippen LogP) is 4.70. The van der Waals surface area contributed by atoms with Crippen LogP contribution in [0.2, 0.25) is 0 Å². The summed E-state index contributed by atoms with van der Waals surface area (Å²) in [6, 6.07) is 16.0. The summed E-state index contributed by atoms with van der Waals surface area (Å²) < 4.78 is 16.1. The molecule has 5 nitrogen and oxygen atoms in total. The molecule has 1 aliphatic rings. The number of esters is 1. The first kappa shape index (κ1) is 21.5. The van der Waals surface area contributed by atoms with Crippen molar-refractivity contribution in [2.45, 2.75) is 26.2 Å². The highest BCUT2D eigenvalue weighted by atomic mass is 16.5. The van der Waals surface area contributed by atoms with E-state index in [1.165, 1.54) is 0 Å². The minimum Gasteiger partial charge on any atom is -0.493 e. The molecule has 0 unspecified atom stereocenters. The summed E-state index contributed by atoms with van der Waals surface area (Å²) in [6.07, 6.45) is 4.94. The largest absolute Gasteiger partial charge is 0.493 e. The normalized spacial score (nSPS) is 15.9. The molecule has 1 heterocycles.